The van der Waals surface area contributed by atoms with Crippen LogP contribution in [0, 0.1) is 12.3 Å². The van der Waals surface area contributed by atoms with E-state index in [1.54, 1.807) is 0 Å². The van der Waals surface area contributed by atoms with Gasteiger partial charge in [0.15, 0.2) is 0 Å². The molecule has 1 aromatic carbocycles. The Bertz CT molecular complexity index is 398. The Morgan fingerprint density at radius 1 is 1.50 bits per heavy atom. The highest BCUT2D eigenvalue weighted by Crippen LogP contribution is 2.36. The summed E-state index contributed by atoms with van der Waals surface area (Å²) in [6, 6.07) is 8.12. The van der Waals surface area contributed by atoms with E-state index in [0.29, 0.717) is 18.6 Å². The lowest BCUT2D eigenvalue weighted by molar-refractivity contribution is -0.120. The third-order valence-corrected chi connectivity index (χ3v) is 2.76. The molecule has 0 saturated heterocycles. The van der Waals surface area contributed by atoms with Gasteiger partial charge in [0.1, 0.15) is 5.78 Å². The molecule has 0 aromatic heterocycles. The highest BCUT2D eigenvalue weighted by molar-refractivity contribution is 5.88. The quantitative estimate of drug-likeness (QED) is 0.659. The number of hydrogen-bond acceptors (Lipinski definition) is 1. The number of carbonyl (C=O) groups excluding carboxylic acids is 1. The number of Topliss-reactive ketones (excluding diaryl/α,β-unsaturated/α-hetero) is 1. The topological polar surface area (TPSA) is 17.1 Å². The standard InChI is InChI=1S/C13H12O/c1-2-3-8-13(14)12-9-10-6-4-5-7-11(10)12/h1,4-7,12H,3,8-9H2. The van der Waals surface area contributed by atoms with E-state index in [9.17, 15) is 4.79 Å². The first-order valence-corrected chi connectivity index (χ1v) is 4.87. The average molecular weight is 184 g/mol. The third kappa shape index (κ3) is 1.44. The molecule has 70 valence electrons. The Labute approximate surface area is 84.1 Å². The summed E-state index contributed by atoms with van der Waals surface area (Å²) < 4.78 is 0. The van der Waals surface area contributed by atoms with Crippen LogP contribution in [-0.2, 0) is 11.2 Å². The Morgan fingerprint density at radius 2 is 2.29 bits per heavy atom. The van der Waals surface area contributed by atoms with Crippen LogP contribution in [0.3, 0.4) is 0 Å². The summed E-state index contributed by atoms with van der Waals surface area (Å²) in [5.41, 5.74) is 2.51. The summed E-state index contributed by atoms with van der Waals surface area (Å²) >= 11 is 0. The molecule has 0 saturated carbocycles. The van der Waals surface area contributed by atoms with Crippen molar-refractivity contribution < 1.29 is 4.79 Å². The fourth-order valence-corrected chi connectivity index (χ4v) is 1.92. The van der Waals surface area contributed by atoms with E-state index in [-0.39, 0.29) is 5.92 Å². The van der Waals surface area contributed by atoms with E-state index in [2.05, 4.69) is 12.0 Å². The number of benzene rings is 1. The zero-order valence-electron chi connectivity index (χ0n) is 7.99. The van der Waals surface area contributed by atoms with Crippen molar-refractivity contribution in [2.75, 3.05) is 0 Å². The predicted octanol–water partition coefficient (Wildman–Crippen LogP) is 2.31. The van der Waals surface area contributed by atoms with Gasteiger partial charge >= 0.3 is 0 Å². The summed E-state index contributed by atoms with van der Waals surface area (Å²) in [6.07, 6.45) is 7.12. The van der Waals surface area contributed by atoms with Crippen molar-refractivity contribution in [3.8, 4) is 12.3 Å². The monoisotopic (exact) mass is 184 g/mol. The molecule has 0 amide bonds. The Morgan fingerprint density at radius 3 is 3.00 bits per heavy atom. The van der Waals surface area contributed by atoms with Gasteiger partial charge in [0.2, 0.25) is 0 Å². The molecule has 0 aliphatic heterocycles. The maximum absolute atomic E-state index is 11.7. The lowest BCUT2D eigenvalue weighted by Gasteiger charge is -2.28. The summed E-state index contributed by atoms with van der Waals surface area (Å²) in [5.74, 6) is 2.92. The molecule has 0 spiro atoms. The van der Waals surface area contributed by atoms with E-state index in [0.717, 1.165) is 6.42 Å². The molecule has 0 N–H and O–H groups in total. The van der Waals surface area contributed by atoms with Crippen molar-refractivity contribution in [3.63, 3.8) is 0 Å². The average Bonchev–Trinajstić information content (AvgIpc) is 2.17. The minimum atomic E-state index is 0.125. The van der Waals surface area contributed by atoms with Crippen LogP contribution in [-0.4, -0.2) is 5.78 Å². The van der Waals surface area contributed by atoms with E-state index in [4.69, 9.17) is 6.42 Å². The van der Waals surface area contributed by atoms with Gasteiger partial charge < -0.3 is 0 Å². The maximum Gasteiger partial charge on any atom is 0.141 e. The van der Waals surface area contributed by atoms with E-state index < -0.39 is 0 Å². The molecule has 1 atom stereocenters. The zero-order chi connectivity index (χ0) is 9.97. The van der Waals surface area contributed by atoms with Crippen molar-refractivity contribution in [2.45, 2.75) is 25.2 Å². The molecule has 1 aliphatic rings. The first kappa shape index (κ1) is 9.02. The molecule has 1 aliphatic carbocycles. The second kappa shape index (κ2) is 3.67. The fraction of sp³-hybridized carbons (Fsp3) is 0.308. The lowest BCUT2D eigenvalue weighted by Crippen LogP contribution is -2.24. The van der Waals surface area contributed by atoms with Gasteiger partial charge in [-0.15, -0.1) is 12.3 Å². The van der Waals surface area contributed by atoms with Crippen molar-refractivity contribution >= 4 is 5.78 Å². The van der Waals surface area contributed by atoms with Crippen molar-refractivity contribution in [2.24, 2.45) is 0 Å². The molecule has 0 heterocycles. The molecule has 0 radical (unpaired) electrons. The second-order valence-corrected chi connectivity index (χ2v) is 3.63. The first-order chi connectivity index (χ1) is 6.83. The van der Waals surface area contributed by atoms with Crippen LogP contribution in [0.15, 0.2) is 24.3 Å². The van der Waals surface area contributed by atoms with E-state index >= 15 is 0 Å². The van der Waals surface area contributed by atoms with E-state index in [1.165, 1.54) is 11.1 Å². The first-order valence-electron chi connectivity index (χ1n) is 4.87. The maximum atomic E-state index is 11.7. The summed E-state index contributed by atoms with van der Waals surface area (Å²) in [7, 11) is 0. The number of terminal acetylenes is 1. The number of carbonyl (C=O) groups is 1. The third-order valence-electron chi connectivity index (χ3n) is 2.76. The Kier molecular flexibility index (Phi) is 2.37. The molecule has 2 rings (SSSR count). The van der Waals surface area contributed by atoms with Crippen LogP contribution in [0.25, 0.3) is 0 Å². The normalized spacial score (nSPS) is 17.8. The molecule has 1 nitrogen and oxygen atoms in total. The fourth-order valence-electron chi connectivity index (χ4n) is 1.92. The minimum Gasteiger partial charge on any atom is -0.299 e. The Balaban J connectivity index is 2.05. The van der Waals surface area contributed by atoms with Crippen LogP contribution >= 0.6 is 0 Å². The number of rotatable bonds is 3. The van der Waals surface area contributed by atoms with Gasteiger partial charge in [-0.2, -0.15) is 0 Å². The Hall–Kier alpha value is -1.55. The molecule has 1 heteroatoms. The van der Waals surface area contributed by atoms with E-state index in [1.807, 2.05) is 18.2 Å². The SMILES string of the molecule is C#CCCC(=O)C1Cc2ccccc21. The van der Waals surface area contributed by atoms with Crippen LogP contribution < -0.4 is 0 Å². The van der Waals surface area contributed by atoms with Crippen LogP contribution in [0.4, 0.5) is 0 Å². The highest BCUT2D eigenvalue weighted by atomic mass is 16.1. The van der Waals surface area contributed by atoms with Crippen LogP contribution in [0.1, 0.15) is 29.9 Å². The smallest absolute Gasteiger partial charge is 0.141 e. The zero-order valence-corrected chi connectivity index (χ0v) is 7.99. The molecule has 14 heavy (non-hydrogen) atoms. The molecular formula is C13H12O. The highest BCUT2D eigenvalue weighted by Gasteiger charge is 2.30. The minimum absolute atomic E-state index is 0.125. The van der Waals surface area contributed by atoms with Gasteiger partial charge in [0.05, 0.1) is 0 Å². The van der Waals surface area contributed by atoms with Crippen molar-refractivity contribution in [1.82, 2.24) is 0 Å². The van der Waals surface area contributed by atoms with Gasteiger partial charge in [0.25, 0.3) is 0 Å². The number of fused-ring (bicyclic) bond motifs is 1. The van der Waals surface area contributed by atoms with Gasteiger partial charge in [-0.25, -0.2) is 0 Å². The molecule has 0 bridgehead atoms. The van der Waals surface area contributed by atoms with Crippen LogP contribution in [0.5, 0.6) is 0 Å². The molecule has 1 aromatic rings. The van der Waals surface area contributed by atoms with Crippen molar-refractivity contribution in [3.05, 3.63) is 35.4 Å². The number of ketones is 1. The predicted molar refractivity (Wildman–Crippen MR) is 56.0 cm³/mol. The van der Waals surface area contributed by atoms with Gasteiger partial charge in [0, 0.05) is 18.8 Å². The van der Waals surface area contributed by atoms with Gasteiger partial charge in [-0.1, -0.05) is 24.3 Å². The lowest BCUT2D eigenvalue weighted by atomic mass is 9.74. The molecule has 0 fully saturated rings. The summed E-state index contributed by atoms with van der Waals surface area (Å²) in [5, 5.41) is 0. The summed E-state index contributed by atoms with van der Waals surface area (Å²) in [4.78, 5) is 11.7. The van der Waals surface area contributed by atoms with Crippen molar-refractivity contribution in [1.29, 1.82) is 0 Å². The second-order valence-electron chi connectivity index (χ2n) is 3.63. The molecule has 1 unspecified atom stereocenters. The molecular weight excluding hydrogens is 172 g/mol. The van der Waals surface area contributed by atoms with Crippen LogP contribution in [0.2, 0.25) is 0 Å². The summed E-state index contributed by atoms with van der Waals surface area (Å²) in [6.45, 7) is 0. The number of hydrogen-bond donors (Lipinski definition) is 0. The van der Waals surface area contributed by atoms with Gasteiger partial charge in [-0.05, 0) is 17.5 Å². The largest absolute Gasteiger partial charge is 0.299 e. The van der Waals surface area contributed by atoms with Gasteiger partial charge in [-0.3, -0.25) is 4.79 Å².